The second-order valence-corrected chi connectivity index (χ2v) is 12.1. The predicted molar refractivity (Wildman–Crippen MR) is 173 cm³/mol. The average Bonchev–Trinajstić information content (AvgIpc) is 3.32. The van der Waals surface area contributed by atoms with Gasteiger partial charge < -0.3 is 24.8 Å². The highest BCUT2D eigenvalue weighted by atomic mass is 16.6. The van der Waals surface area contributed by atoms with Gasteiger partial charge in [0.2, 0.25) is 0 Å². The van der Waals surface area contributed by atoms with Crippen molar-refractivity contribution in [2.24, 2.45) is 0 Å². The third kappa shape index (κ3) is 6.26. The molecule has 1 saturated heterocycles. The van der Waals surface area contributed by atoms with E-state index in [2.05, 4.69) is 23.2 Å². The predicted octanol–water partition coefficient (Wildman–Crippen LogP) is 6.31. The second-order valence-electron chi connectivity index (χ2n) is 12.1. The van der Waals surface area contributed by atoms with Crippen molar-refractivity contribution in [3.63, 3.8) is 0 Å². The Morgan fingerprint density at radius 3 is 2.56 bits per heavy atom. The van der Waals surface area contributed by atoms with Crippen LogP contribution in [0.5, 0.6) is 5.75 Å². The molecule has 10 nitrogen and oxygen atoms in total. The van der Waals surface area contributed by atoms with Gasteiger partial charge in [-0.25, -0.2) is 9.78 Å². The minimum atomic E-state index is -0.572. The summed E-state index contributed by atoms with van der Waals surface area (Å²) < 4.78 is 19.1. The average molecular weight is 608 g/mol. The second kappa shape index (κ2) is 12.1. The van der Waals surface area contributed by atoms with Crippen LogP contribution >= 0.6 is 0 Å². The minimum absolute atomic E-state index is 0.0508. The van der Waals surface area contributed by atoms with Crippen LogP contribution in [0, 0.1) is 0 Å². The number of likely N-dealkylation sites (tertiary alicyclic amines) is 1. The number of benzene rings is 3. The van der Waals surface area contributed by atoms with Crippen LogP contribution in [-0.4, -0.2) is 57.0 Å². The first kappa shape index (κ1) is 29.9. The van der Waals surface area contributed by atoms with Crippen LogP contribution in [0.1, 0.15) is 45.0 Å². The van der Waals surface area contributed by atoms with Crippen molar-refractivity contribution >= 4 is 39.6 Å². The lowest BCUT2D eigenvalue weighted by atomic mass is 9.97. The van der Waals surface area contributed by atoms with E-state index < -0.39 is 5.60 Å². The number of nitrogens with zero attached hydrogens (tertiary/aromatic N) is 4. The molecule has 0 aliphatic carbocycles. The van der Waals surface area contributed by atoms with Crippen LogP contribution in [0.4, 0.5) is 10.6 Å². The molecule has 1 aliphatic rings. The van der Waals surface area contributed by atoms with Crippen LogP contribution in [0.3, 0.4) is 0 Å². The number of ether oxygens (including phenoxy) is 3. The lowest BCUT2D eigenvalue weighted by Gasteiger charge is -2.40. The first-order valence-corrected chi connectivity index (χ1v) is 15.1. The molecule has 1 amide bonds. The number of hydrogen-bond donors (Lipinski definition) is 1. The summed E-state index contributed by atoms with van der Waals surface area (Å²) in [7, 11) is 0. The number of rotatable bonds is 8. The SMILES string of the molecule is CCOC(=O)Cc1ccccc1OCc1c2cc(-c3cccc4c(N)nccc34)ccc2nn1C1CN(C(=O)OC(C)(C)C)C1. The van der Waals surface area contributed by atoms with Gasteiger partial charge in [0.15, 0.2) is 0 Å². The molecule has 45 heavy (non-hydrogen) atoms. The maximum absolute atomic E-state index is 12.7. The molecule has 0 radical (unpaired) electrons. The highest BCUT2D eigenvalue weighted by Crippen LogP contribution is 2.35. The molecule has 6 rings (SSSR count). The van der Waals surface area contributed by atoms with Gasteiger partial charge in [0.05, 0.1) is 30.3 Å². The number of nitrogens with two attached hydrogens (primary N) is 1. The molecule has 10 heteroatoms. The van der Waals surface area contributed by atoms with Crippen molar-refractivity contribution in [1.82, 2.24) is 19.7 Å². The molecule has 3 heterocycles. The molecular formula is C35H37N5O5. The number of pyridine rings is 1. The molecule has 1 fully saturated rings. The van der Waals surface area contributed by atoms with Gasteiger partial charge in [-0.2, -0.15) is 5.10 Å². The molecule has 3 aromatic carbocycles. The van der Waals surface area contributed by atoms with E-state index in [-0.39, 0.29) is 31.1 Å². The Balaban J connectivity index is 1.36. The van der Waals surface area contributed by atoms with Gasteiger partial charge in [-0.3, -0.25) is 9.48 Å². The first-order chi connectivity index (χ1) is 21.6. The van der Waals surface area contributed by atoms with Crippen LogP contribution in [0.25, 0.3) is 32.8 Å². The fourth-order valence-electron chi connectivity index (χ4n) is 5.64. The monoisotopic (exact) mass is 607 g/mol. The fraction of sp³-hybridized carbons (Fsp3) is 0.314. The van der Waals surface area contributed by atoms with Crippen LogP contribution < -0.4 is 10.5 Å². The van der Waals surface area contributed by atoms with E-state index in [4.69, 9.17) is 25.0 Å². The van der Waals surface area contributed by atoms with Crippen LogP contribution in [-0.2, 0) is 27.3 Å². The first-order valence-electron chi connectivity index (χ1n) is 15.1. The summed E-state index contributed by atoms with van der Waals surface area (Å²) in [6, 6.07) is 21.6. The Morgan fingerprint density at radius 2 is 1.78 bits per heavy atom. The molecule has 2 N–H and O–H groups in total. The lowest BCUT2D eigenvalue weighted by molar-refractivity contribution is -0.142. The van der Waals surface area contributed by atoms with Crippen molar-refractivity contribution in [3.8, 4) is 16.9 Å². The summed E-state index contributed by atoms with van der Waals surface area (Å²) >= 11 is 0. The molecule has 0 saturated carbocycles. The largest absolute Gasteiger partial charge is 0.487 e. The van der Waals surface area contributed by atoms with Crippen molar-refractivity contribution in [2.45, 2.75) is 52.4 Å². The quantitative estimate of drug-likeness (QED) is 0.204. The van der Waals surface area contributed by atoms with Crippen molar-refractivity contribution < 1.29 is 23.8 Å². The molecule has 0 atom stereocenters. The molecule has 0 bridgehead atoms. The zero-order valence-corrected chi connectivity index (χ0v) is 25.9. The van der Waals surface area contributed by atoms with Gasteiger partial charge in [-0.15, -0.1) is 0 Å². The number of para-hydroxylation sites is 1. The zero-order valence-electron chi connectivity index (χ0n) is 25.9. The topological polar surface area (TPSA) is 122 Å². The van der Waals surface area contributed by atoms with Gasteiger partial charge in [0.1, 0.15) is 23.8 Å². The van der Waals surface area contributed by atoms with Crippen molar-refractivity contribution in [3.05, 3.63) is 84.2 Å². The van der Waals surface area contributed by atoms with Gasteiger partial charge in [0, 0.05) is 35.6 Å². The summed E-state index contributed by atoms with van der Waals surface area (Å²) in [4.78, 5) is 30.9. The minimum Gasteiger partial charge on any atom is -0.487 e. The summed E-state index contributed by atoms with van der Waals surface area (Å²) in [5, 5.41) is 7.81. The highest BCUT2D eigenvalue weighted by molar-refractivity contribution is 6.02. The van der Waals surface area contributed by atoms with Crippen LogP contribution in [0.2, 0.25) is 0 Å². The summed E-state index contributed by atoms with van der Waals surface area (Å²) in [6.45, 7) is 8.82. The molecule has 232 valence electrons. The Morgan fingerprint density at radius 1 is 0.978 bits per heavy atom. The van der Waals surface area contributed by atoms with Gasteiger partial charge in [0.25, 0.3) is 0 Å². The van der Waals surface area contributed by atoms with E-state index in [1.807, 2.05) is 74.0 Å². The number of hydrogen-bond acceptors (Lipinski definition) is 8. The number of nitrogen functional groups attached to an aromatic ring is 1. The lowest BCUT2D eigenvalue weighted by Crippen LogP contribution is -2.52. The summed E-state index contributed by atoms with van der Waals surface area (Å²) in [5.74, 6) is 0.776. The normalized spacial score (nSPS) is 13.6. The molecular weight excluding hydrogens is 570 g/mol. The van der Waals surface area contributed by atoms with Crippen LogP contribution in [0.15, 0.2) is 72.9 Å². The maximum atomic E-state index is 12.7. The third-order valence-corrected chi connectivity index (χ3v) is 7.78. The van der Waals surface area contributed by atoms with E-state index in [1.165, 1.54) is 0 Å². The third-order valence-electron chi connectivity index (χ3n) is 7.78. The Bertz CT molecular complexity index is 1890. The molecule has 2 aromatic heterocycles. The Kier molecular flexibility index (Phi) is 8.05. The number of aromatic nitrogens is 3. The van der Waals surface area contributed by atoms with E-state index >= 15 is 0 Å². The highest BCUT2D eigenvalue weighted by Gasteiger charge is 2.37. The molecule has 1 aliphatic heterocycles. The Hall–Kier alpha value is -5.12. The molecule has 0 spiro atoms. The van der Waals surface area contributed by atoms with E-state index in [0.717, 1.165) is 44.1 Å². The maximum Gasteiger partial charge on any atom is 0.410 e. The number of esters is 1. The molecule has 0 unspecified atom stereocenters. The van der Waals surface area contributed by atoms with Crippen molar-refractivity contribution in [1.29, 1.82) is 0 Å². The standard InChI is InChI=1S/C35H37N5O5/c1-5-43-32(41)18-23-9-6-7-12-31(23)44-21-30-28-17-22(25-10-8-11-27-26(25)15-16-37-33(27)36)13-14-29(28)38-40(30)24-19-39(20-24)34(42)45-35(2,3)4/h6-17,24H,5,18-21H2,1-4H3,(H2,36,37). The van der Waals surface area contributed by atoms with Gasteiger partial charge in [-0.05, 0) is 68.5 Å². The van der Waals surface area contributed by atoms with Gasteiger partial charge in [-0.1, -0.05) is 42.5 Å². The molecule has 5 aromatic rings. The number of amides is 1. The van der Waals surface area contributed by atoms with Gasteiger partial charge >= 0.3 is 12.1 Å². The smallest absolute Gasteiger partial charge is 0.410 e. The number of fused-ring (bicyclic) bond motifs is 2. The number of carbonyl (C=O) groups is 2. The van der Waals surface area contributed by atoms with Crippen molar-refractivity contribution in [2.75, 3.05) is 25.4 Å². The Labute approximate surface area is 261 Å². The summed E-state index contributed by atoms with van der Waals surface area (Å²) in [6.07, 6.45) is 1.49. The number of anilines is 1. The zero-order chi connectivity index (χ0) is 31.7. The number of carbonyl (C=O) groups excluding carboxylic acids is 2. The van der Waals surface area contributed by atoms with E-state index in [0.29, 0.717) is 31.3 Å². The van der Waals surface area contributed by atoms with E-state index in [9.17, 15) is 9.59 Å². The van der Waals surface area contributed by atoms with E-state index in [1.54, 1.807) is 18.0 Å². The fourth-order valence-corrected chi connectivity index (χ4v) is 5.64. The summed E-state index contributed by atoms with van der Waals surface area (Å²) in [5.41, 5.74) is 10.1.